The van der Waals surface area contributed by atoms with Gasteiger partial charge in [-0.15, -0.1) is 0 Å². The lowest BCUT2D eigenvalue weighted by molar-refractivity contribution is 0.157. The summed E-state index contributed by atoms with van der Waals surface area (Å²) in [6, 6.07) is 3.43. The fraction of sp³-hybridized carbons (Fsp3) is 0.700. The van der Waals surface area contributed by atoms with Crippen LogP contribution in [0.5, 0.6) is 5.75 Å². The molecule has 0 bridgehead atoms. The summed E-state index contributed by atoms with van der Waals surface area (Å²) in [7, 11) is -3.66. The summed E-state index contributed by atoms with van der Waals surface area (Å²) in [6.45, 7) is 14.8. The molecular weight excluding hydrogens is 348 g/mol. The molecule has 2 N–H and O–H groups in total. The number of nitrogens with one attached hydrogen (secondary N) is 2. The highest BCUT2D eigenvalue weighted by Gasteiger charge is 2.39. The Bertz CT molecular complexity index is 739. The van der Waals surface area contributed by atoms with Crippen LogP contribution in [-0.2, 0) is 10.0 Å². The Kier molecular flexibility index (Phi) is 6.10. The Morgan fingerprint density at radius 3 is 2.19 bits per heavy atom. The van der Waals surface area contributed by atoms with Gasteiger partial charge in [0.05, 0.1) is 6.61 Å². The Hall–Kier alpha value is -1.11. The van der Waals surface area contributed by atoms with Gasteiger partial charge >= 0.3 is 0 Å². The molecule has 1 aliphatic rings. The zero-order valence-corrected chi connectivity index (χ0v) is 18.0. The molecule has 1 saturated heterocycles. The quantitative estimate of drug-likeness (QED) is 0.787. The molecule has 1 heterocycles. The lowest BCUT2D eigenvalue weighted by Gasteiger charge is -2.46. The number of aryl methyl sites for hydroxylation is 2. The molecule has 0 unspecified atom stereocenters. The van der Waals surface area contributed by atoms with Crippen LogP contribution in [0.1, 0.15) is 65.0 Å². The van der Waals surface area contributed by atoms with Gasteiger partial charge in [-0.3, -0.25) is 0 Å². The molecule has 1 aromatic rings. The molecule has 5 nitrogen and oxygen atoms in total. The van der Waals surface area contributed by atoms with E-state index in [9.17, 15) is 8.42 Å². The van der Waals surface area contributed by atoms with Crippen LogP contribution in [0.15, 0.2) is 17.0 Å². The highest BCUT2D eigenvalue weighted by Crippen LogP contribution is 2.32. The van der Waals surface area contributed by atoms with Crippen molar-refractivity contribution in [2.75, 3.05) is 6.61 Å². The second-order valence-corrected chi connectivity index (χ2v) is 10.5. The van der Waals surface area contributed by atoms with Gasteiger partial charge in [-0.1, -0.05) is 6.92 Å². The van der Waals surface area contributed by atoms with Gasteiger partial charge in [0, 0.05) is 17.1 Å². The molecule has 0 aliphatic carbocycles. The van der Waals surface area contributed by atoms with Gasteiger partial charge in [-0.05, 0) is 84.1 Å². The molecule has 0 atom stereocenters. The monoisotopic (exact) mass is 382 g/mol. The third kappa shape index (κ3) is 5.21. The van der Waals surface area contributed by atoms with Crippen LogP contribution < -0.4 is 14.8 Å². The lowest BCUT2D eigenvalue weighted by Crippen LogP contribution is -2.62. The molecule has 0 amide bonds. The number of rotatable bonds is 6. The van der Waals surface area contributed by atoms with E-state index in [1.54, 1.807) is 6.07 Å². The minimum absolute atomic E-state index is 0.119. The van der Waals surface area contributed by atoms with Crippen LogP contribution in [0.3, 0.4) is 0 Å². The molecule has 1 aliphatic heterocycles. The normalized spacial score (nSPS) is 20.1. The maximum absolute atomic E-state index is 13.2. The first kappa shape index (κ1) is 21.2. The summed E-state index contributed by atoms with van der Waals surface area (Å²) < 4.78 is 35.0. The second-order valence-electron chi connectivity index (χ2n) is 8.85. The topological polar surface area (TPSA) is 67.4 Å². The number of piperidine rings is 1. The van der Waals surface area contributed by atoms with Gasteiger partial charge in [-0.2, -0.15) is 0 Å². The number of hydrogen-bond acceptors (Lipinski definition) is 4. The van der Waals surface area contributed by atoms with E-state index in [1.807, 2.05) is 26.8 Å². The van der Waals surface area contributed by atoms with Crippen molar-refractivity contribution in [1.29, 1.82) is 0 Å². The van der Waals surface area contributed by atoms with E-state index in [2.05, 4.69) is 37.7 Å². The van der Waals surface area contributed by atoms with Crippen molar-refractivity contribution in [2.45, 2.75) is 89.7 Å². The molecule has 0 aromatic heterocycles. The van der Waals surface area contributed by atoms with Crippen LogP contribution in [0.2, 0.25) is 0 Å². The smallest absolute Gasteiger partial charge is 0.244 e. The predicted molar refractivity (Wildman–Crippen MR) is 106 cm³/mol. The molecule has 2 rings (SSSR count). The molecule has 26 heavy (non-hydrogen) atoms. The maximum Gasteiger partial charge on any atom is 0.244 e. The van der Waals surface area contributed by atoms with Crippen LogP contribution in [0, 0.1) is 13.8 Å². The number of ether oxygens (including phenoxy) is 1. The van der Waals surface area contributed by atoms with E-state index in [0.29, 0.717) is 12.4 Å². The first-order valence-corrected chi connectivity index (χ1v) is 10.9. The van der Waals surface area contributed by atoms with Crippen LogP contribution in [-0.4, -0.2) is 32.1 Å². The fourth-order valence-electron chi connectivity index (χ4n) is 3.99. The van der Waals surface area contributed by atoms with E-state index in [0.717, 1.165) is 30.4 Å². The molecule has 0 radical (unpaired) electrons. The minimum atomic E-state index is -3.66. The van der Waals surface area contributed by atoms with Crippen molar-refractivity contribution in [3.8, 4) is 5.75 Å². The first-order valence-electron chi connectivity index (χ1n) is 9.41. The van der Waals surface area contributed by atoms with Crippen molar-refractivity contribution in [3.05, 3.63) is 23.3 Å². The van der Waals surface area contributed by atoms with Gasteiger partial charge < -0.3 is 10.1 Å². The highest BCUT2D eigenvalue weighted by molar-refractivity contribution is 7.89. The molecule has 1 fully saturated rings. The van der Waals surface area contributed by atoms with Gasteiger partial charge in [-0.25, -0.2) is 13.1 Å². The van der Waals surface area contributed by atoms with Gasteiger partial charge in [0.25, 0.3) is 0 Å². The van der Waals surface area contributed by atoms with Crippen molar-refractivity contribution >= 4 is 10.0 Å². The maximum atomic E-state index is 13.2. The molecule has 148 valence electrons. The van der Waals surface area contributed by atoms with Crippen molar-refractivity contribution in [2.24, 2.45) is 0 Å². The number of sulfonamides is 1. The minimum Gasteiger partial charge on any atom is -0.492 e. The zero-order chi connectivity index (χ0) is 19.8. The van der Waals surface area contributed by atoms with Gasteiger partial charge in [0.1, 0.15) is 10.6 Å². The molecule has 0 saturated carbocycles. The second kappa shape index (κ2) is 7.49. The Balaban J connectivity index is 2.34. The summed E-state index contributed by atoms with van der Waals surface area (Å²) in [5, 5.41) is 3.58. The molecule has 0 spiro atoms. The van der Waals surface area contributed by atoms with Crippen LogP contribution in [0.4, 0.5) is 0 Å². The van der Waals surface area contributed by atoms with E-state index >= 15 is 0 Å². The SMILES string of the molecule is CCCOc1cc(C)c(C)cc1S(=O)(=O)NC1CC(C)(C)NC(C)(C)C1. The summed E-state index contributed by atoms with van der Waals surface area (Å²) >= 11 is 0. The lowest BCUT2D eigenvalue weighted by atomic mass is 9.80. The number of hydrogen-bond donors (Lipinski definition) is 2. The standard InChI is InChI=1S/C20H34N2O3S/c1-8-9-25-17-10-14(2)15(3)11-18(17)26(23,24)21-16-12-19(4,5)22-20(6,7)13-16/h10-11,16,21-22H,8-9,12-13H2,1-7H3. The summed E-state index contributed by atoms with van der Waals surface area (Å²) in [4.78, 5) is 0.239. The average molecular weight is 383 g/mol. The average Bonchev–Trinajstić information content (AvgIpc) is 2.43. The Labute approximate surface area is 159 Å². The molecular formula is C20H34N2O3S. The summed E-state index contributed by atoms with van der Waals surface area (Å²) in [5.41, 5.74) is 1.72. The third-order valence-electron chi connectivity index (χ3n) is 4.82. The molecule has 1 aromatic carbocycles. The van der Waals surface area contributed by atoms with E-state index in [-0.39, 0.29) is 22.0 Å². The van der Waals surface area contributed by atoms with Gasteiger partial charge in [0.2, 0.25) is 10.0 Å². The van der Waals surface area contributed by atoms with Crippen molar-refractivity contribution in [1.82, 2.24) is 10.0 Å². The van der Waals surface area contributed by atoms with Crippen molar-refractivity contribution < 1.29 is 13.2 Å². The zero-order valence-electron chi connectivity index (χ0n) is 17.2. The molecule has 6 heteroatoms. The van der Waals surface area contributed by atoms with Crippen LogP contribution >= 0.6 is 0 Å². The van der Waals surface area contributed by atoms with E-state index < -0.39 is 10.0 Å². The van der Waals surface area contributed by atoms with Gasteiger partial charge in [0.15, 0.2) is 0 Å². The summed E-state index contributed by atoms with van der Waals surface area (Å²) in [6.07, 6.45) is 2.31. The highest BCUT2D eigenvalue weighted by atomic mass is 32.2. The largest absolute Gasteiger partial charge is 0.492 e. The Morgan fingerprint density at radius 2 is 1.65 bits per heavy atom. The fourth-order valence-corrected chi connectivity index (χ4v) is 5.43. The number of benzene rings is 1. The van der Waals surface area contributed by atoms with E-state index in [1.165, 1.54) is 0 Å². The third-order valence-corrected chi connectivity index (χ3v) is 6.36. The first-order chi connectivity index (χ1) is 11.9. The van der Waals surface area contributed by atoms with Crippen molar-refractivity contribution in [3.63, 3.8) is 0 Å². The van der Waals surface area contributed by atoms with E-state index in [4.69, 9.17) is 4.74 Å². The predicted octanol–water partition coefficient (Wildman–Crippen LogP) is 3.68. The summed E-state index contributed by atoms with van der Waals surface area (Å²) in [5.74, 6) is 0.440. The van der Waals surface area contributed by atoms with Crippen LogP contribution in [0.25, 0.3) is 0 Å². The Morgan fingerprint density at radius 1 is 1.12 bits per heavy atom.